The maximum atomic E-state index is 14.9. The number of hydrogen-bond donors (Lipinski definition) is 2. The van der Waals surface area contributed by atoms with Gasteiger partial charge in [0.15, 0.2) is 12.0 Å². The Kier molecular flexibility index (Phi) is 13.5. The smallest absolute Gasteiger partial charge is 0.316 e. The first kappa shape index (κ1) is 46.4. The summed E-state index contributed by atoms with van der Waals surface area (Å²) < 4.78 is 27.0. The molecule has 6 aliphatic carbocycles. The Morgan fingerprint density at radius 1 is 0.737 bits per heavy atom. The predicted molar refractivity (Wildman–Crippen MR) is 226 cm³/mol. The van der Waals surface area contributed by atoms with Crippen molar-refractivity contribution in [1.82, 2.24) is 0 Å². The molecule has 0 spiro atoms. The van der Waals surface area contributed by atoms with Crippen LogP contribution in [0.5, 0.6) is 0 Å². The number of carbonyl (C=O) groups is 4. The summed E-state index contributed by atoms with van der Waals surface area (Å²) in [6.45, 7) is 24.5. The number of esters is 2. The Balaban J connectivity index is 0.000000218. The molecule has 0 aromatic rings. The number of rotatable bonds is 8. The molecule has 6 fully saturated rings. The number of aliphatic hydroxyl groups is 2. The van der Waals surface area contributed by atoms with E-state index in [0.29, 0.717) is 37.2 Å². The molecular formula is C46H71FO8S2. The van der Waals surface area contributed by atoms with E-state index in [1.54, 1.807) is 6.08 Å². The van der Waals surface area contributed by atoms with Crippen molar-refractivity contribution in [2.24, 2.45) is 68.0 Å². The fourth-order valence-corrected chi connectivity index (χ4v) is 14.2. The van der Waals surface area contributed by atoms with Crippen LogP contribution in [0, 0.1) is 68.0 Å². The third-order valence-electron chi connectivity index (χ3n) is 17.7. The predicted octanol–water partition coefficient (Wildman–Crippen LogP) is 8.46. The molecule has 57 heavy (non-hydrogen) atoms. The van der Waals surface area contributed by atoms with Crippen LogP contribution < -0.4 is 0 Å². The van der Waals surface area contributed by atoms with Crippen molar-refractivity contribution in [3.8, 4) is 0 Å². The molecule has 0 heterocycles. The zero-order chi connectivity index (χ0) is 42.7. The molecule has 6 rings (SSSR count). The molecule has 0 radical (unpaired) electrons. The van der Waals surface area contributed by atoms with Gasteiger partial charge in [-0.1, -0.05) is 67.5 Å². The average Bonchev–Trinajstić information content (AvgIpc) is 3.66. The summed E-state index contributed by atoms with van der Waals surface area (Å²) in [4.78, 5) is 51.4. The van der Waals surface area contributed by atoms with E-state index in [2.05, 4.69) is 40.9 Å². The van der Waals surface area contributed by atoms with E-state index in [1.165, 1.54) is 23.5 Å². The van der Waals surface area contributed by atoms with Gasteiger partial charge in [-0.3, -0.25) is 19.2 Å². The van der Waals surface area contributed by atoms with Gasteiger partial charge in [-0.15, -0.1) is 13.2 Å². The van der Waals surface area contributed by atoms with Crippen molar-refractivity contribution in [3.05, 3.63) is 25.3 Å². The molecule has 6 aliphatic rings. The largest absolute Gasteiger partial charge is 0.461 e. The number of ketones is 2. The van der Waals surface area contributed by atoms with Crippen LogP contribution in [-0.4, -0.2) is 88.3 Å². The van der Waals surface area contributed by atoms with Gasteiger partial charge >= 0.3 is 11.9 Å². The number of aliphatic hydroxyl groups excluding tert-OH is 2. The van der Waals surface area contributed by atoms with Crippen molar-refractivity contribution < 1.29 is 43.3 Å². The van der Waals surface area contributed by atoms with Crippen LogP contribution in [0.25, 0.3) is 0 Å². The van der Waals surface area contributed by atoms with Crippen molar-refractivity contribution in [2.45, 2.75) is 144 Å². The molecule has 8 nitrogen and oxygen atoms in total. The van der Waals surface area contributed by atoms with E-state index in [9.17, 15) is 33.8 Å². The molecule has 0 saturated heterocycles. The molecule has 4 bridgehead atoms. The average molecular weight is 835 g/mol. The first-order valence-electron chi connectivity index (χ1n) is 21.2. The summed E-state index contributed by atoms with van der Waals surface area (Å²) in [5, 5.41) is 22.8. The van der Waals surface area contributed by atoms with Gasteiger partial charge in [0.05, 0.1) is 23.7 Å². The number of hydrogen-bond acceptors (Lipinski definition) is 10. The molecule has 11 heteroatoms. The third-order valence-corrected chi connectivity index (χ3v) is 18.7. The zero-order valence-electron chi connectivity index (χ0n) is 36.2. The second kappa shape index (κ2) is 16.6. The minimum absolute atomic E-state index is 0.00150. The van der Waals surface area contributed by atoms with Crippen LogP contribution in [0.4, 0.5) is 4.39 Å². The third kappa shape index (κ3) is 7.24. The summed E-state index contributed by atoms with van der Waals surface area (Å²) >= 11 is 2.83. The maximum absolute atomic E-state index is 14.9. The van der Waals surface area contributed by atoms with E-state index in [0.717, 1.165) is 25.7 Å². The lowest BCUT2D eigenvalue weighted by atomic mass is 9.44. The van der Waals surface area contributed by atoms with Crippen LogP contribution in [0.2, 0.25) is 0 Å². The van der Waals surface area contributed by atoms with E-state index >= 15 is 0 Å². The number of carbonyl (C=O) groups excluding carboxylic acids is 4. The van der Waals surface area contributed by atoms with Crippen LogP contribution >= 0.6 is 23.5 Å². The van der Waals surface area contributed by atoms with Crippen LogP contribution in [0.3, 0.4) is 0 Å². The van der Waals surface area contributed by atoms with Crippen molar-refractivity contribution >= 4 is 47.0 Å². The summed E-state index contributed by atoms with van der Waals surface area (Å²) in [6.07, 6.45) is 9.30. The Labute approximate surface area is 350 Å². The van der Waals surface area contributed by atoms with E-state index in [-0.39, 0.29) is 64.9 Å². The van der Waals surface area contributed by atoms with Crippen molar-refractivity contribution in [1.29, 1.82) is 0 Å². The summed E-state index contributed by atoms with van der Waals surface area (Å²) in [5.41, 5.74) is -3.19. The second-order valence-corrected chi connectivity index (χ2v) is 21.8. The SMILES string of the molecule is C=C[C@]1(C)C[C@@H](OC(=O)CSC)[C@]2(C)C(C)CCC3(CC(F)C(=O)C32)[C@@H](C)C1O.C=C[C@]1(C)C[C@@H](OC(=O)CSC)[C@]2(C)C(C)CCC3(CCC(=O)C32)[C@@H](C)C1O. The Morgan fingerprint density at radius 2 is 1.16 bits per heavy atom. The topological polar surface area (TPSA) is 127 Å². The van der Waals surface area contributed by atoms with Crippen LogP contribution in [0.1, 0.15) is 113 Å². The quantitative estimate of drug-likeness (QED) is 0.182. The Morgan fingerprint density at radius 3 is 1.60 bits per heavy atom. The molecule has 322 valence electrons. The number of ether oxygens (including phenoxy) is 2. The van der Waals surface area contributed by atoms with E-state index < -0.39 is 63.6 Å². The second-order valence-electron chi connectivity index (χ2n) is 20.1. The van der Waals surface area contributed by atoms with Gasteiger partial charge in [-0.2, -0.15) is 23.5 Å². The maximum Gasteiger partial charge on any atom is 0.316 e. The van der Waals surface area contributed by atoms with E-state index in [4.69, 9.17) is 9.47 Å². The highest BCUT2D eigenvalue weighted by atomic mass is 32.2. The summed E-state index contributed by atoms with van der Waals surface area (Å²) in [5.74, 6) is -0.714. The first-order chi connectivity index (χ1) is 26.5. The minimum Gasteiger partial charge on any atom is -0.461 e. The van der Waals surface area contributed by atoms with Crippen molar-refractivity contribution in [3.63, 3.8) is 0 Å². The summed E-state index contributed by atoms with van der Waals surface area (Å²) in [7, 11) is 0. The lowest BCUT2D eigenvalue weighted by molar-refractivity contribution is -0.205. The van der Waals surface area contributed by atoms with Gasteiger partial charge < -0.3 is 19.7 Å². The zero-order valence-corrected chi connectivity index (χ0v) is 37.9. The number of thioether (sulfide) groups is 2. The fourth-order valence-electron chi connectivity index (χ4n) is 13.6. The molecule has 0 amide bonds. The van der Waals surface area contributed by atoms with Gasteiger partial charge in [0.25, 0.3) is 0 Å². The molecule has 2 N–H and O–H groups in total. The lowest BCUT2D eigenvalue weighted by Crippen LogP contribution is -2.63. The fraction of sp³-hybridized carbons (Fsp3) is 0.826. The van der Waals surface area contributed by atoms with Crippen LogP contribution in [-0.2, 0) is 28.7 Å². The molecular weight excluding hydrogens is 764 g/mol. The Hall–Kier alpha value is -1.69. The van der Waals surface area contributed by atoms with Gasteiger partial charge in [-0.05, 0) is 98.4 Å². The number of halogens is 1. The van der Waals surface area contributed by atoms with Gasteiger partial charge in [-0.25, -0.2) is 4.39 Å². The lowest BCUT2D eigenvalue weighted by Gasteiger charge is -2.61. The molecule has 0 aromatic carbocycles. The normalized spacial score (nSPS) is 49.0. The molecule has 6 saturated carbocycles. The highest BCUT2D eigenvalue weighted by Gasteiger charge is 2.71. The van der Waals surface area contributed by atoms with Gasteiger partial charge in [0.2, 0.25) is 0 Å². The molecule has 0 aromatic heterocycles. The Bertz CT molecular complexity index is 1590. The number of Topliss-reactive ketones (excluding diaryl/α,β-unsaturated/α-hetero) is 2. The first-order valence-corrected chi connectivity index (χ1v) is 24.0. The van der Waals surface area contributed by atoms with Crippen LogP contribution in [0.15, 0.2) is 25.3 Å². The van der Waals surface area contributed by atoms with E-state index in [1.807, 2.05) is 46.3 Å². The van der Waals surface area contributed by atoms with Gasteiger partial charge in [0, 0.05) is 39.9 Å². The molecule has 17 atom stereocenters. The van der Waals surface area contributed by atoms with Crippen molar-refractivity contribution in [2.75, 3.05) is 24.0 Å². The number of alkyl halides is 1. The molecule has 9 unspecified atom stereocenters. The highest BCUT2D eigenvalue weighted by Crippen LogP contribution is 2.70. The summed E-state index contributed by atoms with van der Waals surface area (Å²) in [6, 6.07) is 0. The minimum atomic E-state index is -1.52. The van der Waals surface area contributed by atoms with Gasteiger partial charge in [0.1, 0.15) is 18.0 Å². The standard InChI is InChI=1S/C23H35FO4S.C23H36O4S/c1-7-21(4)11-16(28-17(25)12-29-6)22(5)13(2)8-9-23(14(3)20(21)27)10-15(24)18(26)19(22)23;1-7-21(4)12-17(27-18(25)13-28-6)22(5)14(2)8-10-23(15(3)20(21)26)11-9-16(24)19(22)23/h7,13-16,19-20,27H,1,8-12H2,2-6H3;7,14-15,17,19-20,26H,1,8-13H2,2-6H3/t13?,14-,15?,16+,19?,20?,21+,22-,23?;14?,15-,17+,19?,20?,21+,22-,23?/m00/s1. The monoisotopic (exact) mass is 834 g/mol. The highest BCUT2D eigenvalue weighted by molar-refractivity contribution is 7.99. The molecule has 0 aliphatic heterocycles.